The summed E-state index contributed by atoms with van der Waals surface area (Å²) in [6, 6.07) is 3.22. The molecule has 0 atom stereocenters. The van der Waals surface area contributed by atoms with Crippen molar-refractivity contribution in [3.8, 4) is 11.1 Å². The number of furan rings is 1. The van der Waals surface area contributed by atoms with Gasteiger partial charge in [-0.3, -0.25) is 4.79 Å². The molecule has 0 saturated carbocycles. The number of pyridine rings is 1. The summed E-state index contributed by atoms with van der Waals surface area (Å²) in [4.78, 5) is 14.0. The minimum atomic E-state index is -0.765. The van der Waals surface area contributed by atoms with E-state index >= 15 is 0 Å². The van der Waals surface area contributed by atoms with Crippen LogP contribution in [0.15, 0.2) is 35.3 Å². The highest BCUT2D eigenvalue weighted by Crippen LogP contribution is 2.23. The molecule has 0 N–H and O–H groups in total. The molecule has 2 rings (SSSR count). The van der Waals surface area contributed by atoms with E-state index in [0.717, 1.165) is 0 Å². The standard InChI is InChI=1S/C10H6FNO2/c11-10-9(5-13)8(1-3-12-10)7-2-4-14-6-7/h1-6H. The van der Waals surface area contributed by atoms with Crippen LogP contribution in [-0.2, 0) is 0 Å². The molecule has 0 aliphatic rings. The van der Waals surface area contributed by atoms with E-state index in [4.69, 9.17) is 4.42 Å². The first-order chi connectivity index (χ1) is 6.83. The van der Waals surface area contributed by atoms with Gasteiger partial charge in [0, 0.05) is 17.3 Å². The predicted molar refractivity (Wildman–Crippen MR) is 47.3 cm³/mol. The molecule has 0 bridgehead atoms. The molecule has 4 heteroatoms. The molecule has 14 heavy (non-hydrogen) atoms. The molecular weight excluding hydrogens is 185 g/mol. The van der Waals surface area contributed by atoms with Crippen LogP contribution >= 0.6 is 0 Å². The van der Waals surface area contributed by atoms with Gasteiger partial charge in [-0.05, 0) is 12.1 Å². The van der Waals surface area contributed by atoms with Crippen LogP contribution in [0, 0.1) is 5.95 Å². The van der Waals surface area contributed by atoms with Gasteiger partial charge in [-0.2, -0.15) is 4.39 Å². The molecule has 0 spiro atoms. The van der Waals surface area contributed by atoms with Crippen molar-refractivity contribution in [2.24, 2.45) is 0 Å². The maximum absolute atomic E-state index is 13.1. The smallest absolute Gasteiger partial charge is 0.224 e. The summed E-state index contributed by atoms with van der Waals surface area (Å²) < 4.78 is 17.9. The number of carbonyl (C=O) groups is 1. The van der Waals surface area contributed by atoms with Gasteiger partial charge in [0.2, 0.25) is 5.95 Å². The summed E-state index contributed by atoms with van der Waals surface area (Å²) in [5, 5.41) is 0. The fourth-order valence-electron chi connectivity index (χ4n) is 1.23. The van der Waals surface area contributed by atoms with Crippen molar-refractivity contribution in [2.75, 3.05) is 0 Å². The van der Waals surface area contributed by atoms with E-state index < -0.39 is 5.95 Å². The predicted octanol–water partition coefficient (Wildman–Crippen LogP) is 2.29. The Kier molecular flexibility index (Phi) is 2.10. The van der Waals surface area contributed by atoms with E-state index in [0.29, 0.717) is 17.4 Å². The van der Waals surface area contributed by atoms with Crippen molar-refractivity contribution in [1.29, 1.82) is 0 Å². The van der Waals surface area contributed by atoms with Crippen LogP contribution in [0.25, 0.3) is 11.1 Å². The summed E-state index contributed by atoms with van der Waals surface area (Å²) in [6.45, 7) is 0. The number of nitrogens with zero attached hydrogens (tertiary/aromatic N) is 1. The Labute approximate surface area is 79.2 Å². The van der Waals surface area contributed by atoms with Gasteiger partial charge in [-0.15, -0.1) is 0 Å². The Morgan fingerprint density at radius 2 is 2.29 bits per heavy atom. The average Bonchev–Trinajstić information content (AvgIpc) is 2.70. The molecule has 0 aromatic carbocycles. The fourth-order valence-corrected chi connectivity index (χ4v) is 1.23. The fraction of sp³-hybridized carbons (Fsp3) is 0. The van der Waals surface area contributed by atoms with Crippen molar-refractivity contribution in [3.05, 3.63) is 42.4 Å². The zero-order chi connectivity index (χ0) is 9.97. The third kappa shape index (κ3) is 1.31. The lowest BCUT2D eigenvalue weighted by Gasteiger charge is -2.00. The Bertz CT molecular complexity index is 451. The second-order valence-corrected chi connectivity index (χ2v) is 2.69. The van der Waals surface area contributed by atoms with Crippen molar-refractivity contribution in [2.45, 2.75) is 0 Å². The van der Waals surface area contributed by atoms with Gasteiger partial charge in [-0.1, -0.05) is 0 Å². The lowest BCUT2D eigenvalue weighted by Crippen LogP contribution is -1.94. The zero-order valence-electron chi connectivity index (χ0n) is 7.11. The Hall–Kier alpha value is -1.97. The molecule has 0 fully saturated rings. The first-order valence-electron chi connectivity index (χ1n) is 3.95. The minimum absolute atomic E-state index is 0.0473. The largest absolute Gasteiger partial charge is 0.472 e. The average molecular weight is 191 g/mol. The van der Waals surface area contributed by atoms with Crippen molar-refractivity contribution < 1.29 is 13.6 Å². The van der Waals surface area contributed by atoms with Crippen LogP contribution in [0.5, 0.6) is 0 Å². The van der Waals surface area contributed by atoms with Gasteiger partial charge in [-0.25, -0.2) is 4.98 Å². The number of carbonyl (C=O) groups excluding carboxylic acids is 1. The molecule has 2 heterocycles. The van der Waals surface area contributed by atoms with E-state index in [1.165, 1.54) is 18.7 Å². The molecule has 0 unspecified atom stereocenters. The van der Waals surface area contributed by atoms with E-state index in [-0.39, 0.29) is 5.56 Å². The maximum Gasteiger partial charge on any atom is 0.224 e. The van der Waals surface area contributed by atoms with Gasteiger partial charge in [0.15, 0.2) is 6.29 Å². The molecule has 70 valence electrons. The number of aromatic nitrogens is 1. The highest BCUT2D eigenvalue weighted by Gasteiger charge is 2.10. The zero-order valence-corrected chi connectivity index (χ0v) is 7.11. The van der Waals surface area contributed by atoms with Crippen LogP contribution in [-0.4, -0.2) is 11.3 Å². The SMILES string of the molecule is O=Cc1c(-c2ccoc2)ccnc1F. The highest BCUT2D eigenvalue weighted by molar-refractivity contribution is 5.86. The monoisotopic (exact) mass is 191 g/mol. The quantitative estimate of drug-likeness (QED) is 0.540. The van der Waals surface area contributed by atoms with Gasteiger partial charge in [0.05, 0.1) is 18.1 Å². The molecule has 0 radical (unpaired) electrons. The second kappa shape index (κ2) is 3.41. The van der Waals surface area contributed by atoms with Gasteiger partial charge in [0.1, 0.15) is 0 Å². The molecule has 0 aliphatic heterocycles. The first kappa shape index (κ1) is 8.62. The topological polar surface area (TPSA) is 43.1 Å². The molecular formula is C10H6FNO2. The number of rotatable bonds is 2. The van der Waals surface area contributed by atoms with Crippen LogP contribution in [0.3, 0.4) is 0 Å². The molecule has 0 aliphatic carbocycles. The van der Waals surface area contributed by atoms with Crippen LogP contribution < -0.4 is 0 Å². The summed E-state index contributed by atoms with van der Waals surface area (Å²) in [6.07, 6.45) is 4.67. The summed E-state index contributed by atoms with van der Waals surface area (Å²) >= 11 is 0. The number of hydrogen-bond acceptors (Lipinski definition) is 3. The highest BCUT2D eigenvalue weighted by atomic mass is 19.1. The summed E-state index contributed by atoms with van der Waals surface area (Å²) in [5.74, 6) is -0.765. The van der Waals surface area contributed by atoms with Gasteiger partial charge < -0.3 is 4.42 Å². The lowest BCUT2D eigenvalue weighted by atomic mass is 10.1. The Morgan fingerprint density at radius 1 is 1.43 bits per heavy atom. The number of aldehydes is 1. The Balaban J connectivity index is 2.64. The normalized spacial score (nSPS) is 10.1. The number of hydrogen-bond donors (Lipinski definition) is 0. The third-order valence-electron chi connectivity index (χ3n) is 1.89. The van der Waals surface area contributed by atoms with Crippen molar-refractivity contribution in [1.82, 2.24) is 4.98 Å². The van der Waals surface area contributed by atoms with Crippen LogP contribution in [0.2, 0.25) is 0 Å². The molecule has 2 aromatic rings. The molecule has 0 saturated heterocycles. The van der Waals surface area contributed by atoms with E-state index in [1.54, 1.807) is 12.1 Å². The van der Waals surface area contributed by atoms with Crippen molar-refractivity contribution >= 4 is 6.29 Å². The maximum atomic E-state index is 13.1. The van der Waals surface area contributed by atoms with Crippen molar-refractivity contribution in [3.63, 3.8) is 0 Å². The van der Waals surface area contributed by atoms with Crippen LogP contribution in [0.1, 0.15) is 10.4 Å². The van der Waals surface area contributed by atoms with Gasteiger partial charge in [0.25, 0.3) is 0 Å². The van der Waals surface area contributed by atoms with E-state index in [9.17, 15) is 9.18 Å². The second-order valence-electron chi connectivity index (χ2n) is 2.69. The van der Waals surface area contributed by atoms with Crippen LogP contribution in [0.4, 0.5) is 4.39 Å². The molecule has 2 aromatic heterocycles. The van der Waals surface area contributed by atoms with E-state index in [2.05, 4.69) is 4.98 Å². The third-order valence-corrected chi connectivity index (χ3v) is 1.89. The van der Waals surface area contributed by atoms with E-state index in [1.807, 2.05) is 0 Å². The number of halogens is 1. The summed E-state index contributed by atoms with van der Waals surface area (Å²) in [5.41, 5.74) is 1.10. The minimum Gasteiger partial charge on any atom is -0.472 e. The Morgan fingerprint density at radius 3 is 2.93 bits per heavy atom. The van der Waals surface area contributed by atoms with Gasteiger partial charge >= 0.3 is 0 Å². The lowest BCUT2D eigenvalue weighted by molar-refractivity contribution is 0.111. The molecule has 0 amide bonds. The summed E-state index contributed by atoms with van der Waals surface area (Å²) in [7, 11) is 0. The molecule has 3 nitrogen and oxygen atoms in total. The first-order valence-corrected chi connectivity index (χ1v) is 3.95.